The Balaban J connectivity index is 1.73. The first-order valence-electron chi connectivity index (χ1n) is 12.9. The highest BCUT2D eigenvalue weighted by molar-refractivity contribution is 8.18. The van der Waals surface area contributed by atoms with Gasteiger partial charge in [0.25, 0.3) is 0 Å². The van der Waals surface area contributed by atoms with E-state index in [2.05, 4.69) is 11.6 Å². The molecule has 0 aliphatic carbocycles. The molecule has 0 bridgehead atoms. The smallest absolute Gasteiger partial charge is 0.344 e. The Bertz CT molecular complexity index is 1460. The Hall–Kier alpha value is -3.94. The average Bonchev–Trinajstić information content (AvgIpc) is 3.24. The second kappa shape index (κ2) is 13.9. The summed E-state index contributed by atoms with van der Waals surface area (Å²) in [7, 11) is 0. The van der Waals surface area contributed by atoms with Gasteiger partial charge in [0.15, 0.2) is 11.5 Å². The Morgan fingerprint density at radius 3 is 2.48 bits per heavy atom. The van der Waals surface area contributed by atoms with Crippen LogP contribution < -0.4 is 9.47 Å². The van der Waals surface area contributed by atoms with E-state index >= 15 is 0 Å². The summed E-state index contributed by atoms with van der Waals surface area (Å²) in [6.07, 6.45) is 4.13. The molecule has 0 amide bonds. The Morgan fingerprint density at radius 1 is 1.05 bits per heavy atom. The minimum atomic E-state index is -0.626. The van der Waals surface area contributed by atoms with Crippen molar-refractivity contribution in [1.82, 2.24) is 0 Å². The van der Waals surface area contributed by atoms with Crippen molar-refractivity contribution in [3.8, 4) is 11.5 Å². The minimum absolute atomic E-state index is 0.0428. The third kappa shape index (κ3) is 7.17. The third-order valence-corrected chi connectivity index (χ3v) is 7.04. The fourth-order valence-electron chi connectivity index (χ4n) is 4.00. The van der Waals surface area contributed by atoms with Gasteiger partial charge in [-0.25, -0.2) is 9.79 Å². The minimum Gasteiger partial charge on any atom is -0.506 e. The van der Waals surface area contributed by atoms with Gasteiger partial charge in [-0.3, -0.25) is 0 Å². The van der Waals surface area contributed by atoms with E-state index in [0.717, 1.165) is 16.7 Å². The molecule has 0 saturated carbocycles. The molecule has 1 aliphatic heterocycles. The number of aliphatic hydroxyl groups is 1. The lowest BCUT2D eigenvalue weighted by Gasteiger charge is -2.17. The molecule has 0 fully saturated rings. The van der Waals surface area contributed by atoms with Crippen molar-refractivity contribution in [2.45, 2.75) is 26.9 Å². The lowest BCUT2D eigenvalue weighted by molar-refractivity contribution is -0.138. The van der Waals surface area contributed by atoms with Gasteiger partial charge in [-0.1, -0.05) is 59.8 Å². The standard InChI is InChI=1S/C32H30ClNO5S/c1-4-10-23-17-22(18-26(37-5-2)30(23)39-20-21-13-15-24(33)16-14-21)19-27-29(35)28(32(36)38-6-3)31(40-27)34-25-11-8-7-9-12-25/h4,7-9,11-19,35H,1,5-6,10,20H2,2-3H3. The second-order valence-corrected chi connectivity index (χ2v) is 10.1. The summed E-state index contributed by atoms with van der Waals surface area (Å²) < 4.78 is 17.4. The Labute approximate surface area is 243 Å². The van der Waals surface area contributed by atoms with E-state index in [1.807, 2.05) is 73.7 Å². The zero-order valence-corrected chi connectivity index (χ0v) is 23.9. The molecule has 0 atom stereocenters. The van der Waals surface area contributed by atoms with Crippen LogP contribution in [0.3, 0.4) is 0 Å². The monoisotopic (exact) mass is 575 g/mol. The first-order valence-corrected chi connectivity index (χ1v) is 14.0. The number of carbonyl (C=O) groups excluding carboxylic acids is 1. The summed E-state index contributed by atoms with van der Waals surface area (Å²) in [6, 6.07) is 20.5. The molecular weight excluding hydrogens is 546 g/mol. The SMILES string of the molecule is C=CCc1cc(C=C2SC(=Nc3ccccc3)C(C(=O)OCC)=C2O)cc(OCC)c1OCc1ccc(Cl)cc1. The van der Waals surface area contributed by atoms with E-state index in [1.165, 1.54) is 11.8 Å². The molecule has 40 heavy (non-hydrogen) atoms. The maximum Gasteiger partial charge on any atom is 0.344 e. The van der Waals surface area contributed by atoms with Crippen LogP contribution in [-0.2, 0) is 22.6 Å². The Morgan fingerprint density at radius 2 is 1.80 bits per heavy atom. The number of nitrogens with zero attached hydrogens (tertiary/aromatic N) is 1. The molecule has 3 aromatic carbocycles. The molecule has 0 aromatic heterocycles. The highest BCUT2D eigenvalue weighted by Gasteiger charge is 2.33. The molecule has 1 aliphatic rings. The largest absolute Gasteiger partial charge is 0.506 e. The molecule has 3 aromatic rings. The van der Waals surface area contributed by atoms with Gasteiger partial charge >= 0.3 is 5.97 Å². The molecular formula is C32H30ClNO5S. The summed E-state index contributed by atoms with van der Waals surface area (Å²) in [4.78, 5) is 17.8. The molecule has 8 heteroatoms. The number of benzene rings is 3. The zero-order chi connectivity index (χ0) is 28.5. The lowest BCUT2D eigenvalue weighted by atomic mass is 10.0. The van der Waals surface area contributed by atoms with Gasteiger partial charge in [-0.05, 0) is 73.9 Å². The van der Waals surface area contributed by atoms with E-state index in [-0.39, 0.29) is 17.9 Å². The fraction of sp³-hybridized carbons (Fsp3) is 0.188. The lowest BCUT2D eigenvalue weighted by Crippen LogP contribution is -2.12. The summed E-state index contributed by atoms with van der Waals surface area (Å²) in [5.74, 6) is 0.387. The number of carbonyl (C=O) groups is 1. The predicted molar refractivity (Wildman–Crippen MR) is 163 cm³/mol. The number of allylic oxidation sites excluding steroid dienone is 1. The van der Waals surface area contributed by atoms with Gasteiger partial charge in [-0.2, -0.15) is 0 Å². The number of hydrogen-bond donors (Lipinski definition) is 1. The molecule has 4 rings (SSSR count). The van der Waals surface area contributed by atoms with E-state index in [4.69, 9.17) is 25.8 Å². The summed E-state index contributed by atoms with van der Waals surface area (Å²) in [5, 5.41) is 12.1. The highest BCUT2D eigenvalue weighted by Crippen LogP contribution is 2.42. The molecule has 0 saturated heterocycles. The normalized spacial score (nSPS) is 15.0. The molecule has 0 unspecified atom stereocenters. The number of ether oxygens (including phenoxy) is 3. The zero-order valence-electron chi connectivity index (χ0n) is 22.4. The van der Waals surface area contributed by atoms with Gasteiger partial charge in [0, 0.05) is 10.6 Å². The third-order valence-electron chi connectivity index (χ3n) is 5.77. The summed E-state index contributed by atoms with van der Waals surface area (Å²) in [5.41, 5.74) is 3.31. The van der Waals surface area contributed by atoms with Gasteiger partial charge < -0.3 is 19.3 Å². The van der Waals surface area contributed by atoms with Crippen molar-refractivity contribution >= 4 is 46.1 Å². The van der Waals surface area contributed by atoms with E-state index in [0.29, 0.717) is 51.8 Å². The first kappa shape index (κ1) is 29.1. The topological polar surface area (TPSA) is 77.4 Å². The first-order chi connectivity index (χ1) is 19.4. The summed E-state index contributed by atoms with van der Waals surface area (Å²) >= 11 is 7.22. The number of aliphatic hydroxyl groups excluding tert-OH is 1. The number of halogens is 1. The molecule has 1 N–H and O–H groups in total. The maximum atomic E-state index is 12.8. The number of hydrogen-bond acceptors (Lipinski definition) is 7. The van der Waals surface area contributed by atoms with Gasteiger partial charge in [0.05, 0.1) is 23.8 Å². The number of rotatable bonds is 11. The van der Waals surface area contributed by atoms with Gasteiger partial charge in [0.1, 0.15) is 23.0 Å². The highest BCUT2D eigenvalue weighted by atomic mass is 35.5. The van der Waals surface area contributed by atoms with E-state index in [9.17, 15) is 9.90 Å². The van der Waals surface area contributed by atoms with Crippen LogP contribution in [0.1, 0.15) is 30.5 Å². The van der Waals surface area contributed by atoms with Crippen LogP contribution in [0.15, 0.2) is 101 Å². The number of thioether (sulfide) groups is 1. The van der Waals surface area contributed by atoms with Crippen LogP contribution in [-0.4, -0.2) is 29.3 Å². The van der Waals surface area contributed by atoms with Gasteiger partial charge in [0.2, 0.25) is 0 Å². The van der Waals surface area contributed by atoms with Crippen molar-refractivity contribution < 1.29 is 24.1 Å². The molecule has 6 nitrogen and oxygen atoms in total. The molecule has 0 spiro atoms. The number of para-hydroxylation sites is 1. The molecule has 0 radical (unpaired) electrons. The van der Waals surface area contributed by atoms with E-state index in [1.54, 1.807) is 19.1 Å². The number of esters is 1. The van der Waals surface area contributed by atoms with Crippen LogP contribution in [0.2, 0.25) is 5.02 Å². The maximum absolute atomic E-state index is 12.8. The number of aliphatic imine (C=N–C) groups is 1. The average molecular weight is 576 g/mol. The second-order valence-electron chi connectivity index (χ2n) is 8.66. The van der Waals surface area contributed by atoms with E-state index < -0.39 is 5.97 Å². The fourth-order valence-corrected chi connectivity index (χ4v) is 5.16. The van der Waals surface area contributed by atoms with Crippen LogP contribution in [0.4, 0.5) is 5.69 Å². The van der Waals surface area contributed by atoms with Crippen molar-refractivity contribution in [3.05, 3.63) is 117 Å². The quantitative estimate of drug-likeness (QED) is 0.183. The van der Waals surface area contributed by atoms with Crippen LogP contribution in [0.25, 0.3) is 6.08 Å². The van der Waals surface area contributed by atoms with Crippen molar-refractivity contribution in [2.75, 3.05) is 13.2 Å². The molecule has 206 valence electrons. The summed E-state index contributed by atoms with van der Waals surface area (Å²) in [6.45, 7) is 8.47. The van der Waals surface area contributed by atoms with Crippen molar-refractivity contribution in [1.29, 1.82) is 0 Å². The van der Waals surface area contributed by atoms with Gasteiger partial charge in [-0.15, -0.1) is 6.58 Å². The van der Waals surface area contributed by atoms with Crippen molar-refractivity contribution in [2.24, 2.45) is 4.99 Å². The van der Waals surface area contributed by atoms with Crippen molar-refractivity contribution in [3.63, 3.8) is 0 Å². The molecule has 1 heterocycles. The Kier molecular flexibility index (Phi) is 10.1. The van der Waals surface area contributed by atoms with Crippen LogP contribution in [0.5, 0.6) is 11.5 Å². The van der Waals surface area contributed by atoms with Crippen LogP contribution in [0, 0.1) is 0 Å². The predicted octanol–water partition coefficient (Wildman–Crippen LogP) is 8.24. The van der Waals surface area contributed by atoms with Crippen LogP contribution >= 0.6 is 23.4 Å².